The van der Waals surface area contributed by atoms with Crippen molar-refractivity contribution in [3.05, 3.63) is 0 Å². The van der Waals surface area contributed by atoms with Gasteiger partial charge < -0.3 is 19.3 Å². The minimum absolute atomic E-state index is 0.178. The molecule has 0 radical (unpaired) electrons. The lowest BCUT2D eigenvalue weighted by atomic mass is 10.3. The lowest BCUT2D eigenvalue weighted by Crippen LogP contribution is -2.12. The highest BCUT2D eigenvalue weighted by Crippen LogP contribution is 2.04. The molecule has 0 spiro atoms. The summed E-state index contributed by atoms with van der Waals surface area (Å²) in [6.45, 7) is 1.86. The van der Waals surface area contributed by atoms with Crippen molar-refractivity contribution < 1.29 is 19.3 Å². The summed E-state index contributed by atoms with van der Waals surface area (Å²) < 4.78 is 15.3. The highest BCUT2D eigenvalue weighted by atomic mass is 35.5. The Balaban J connectivity index is 3.08. The topological polar surface area (TPSA) is 47.9 Å². The van der Waals surface area contributed by atoms with Crippen LogP contribution in [-0.2, 0) is 14.2 Å². The second kappa shape index (κ2) is 13.5. The van der Waals surface area contributed by atoms with Gasteiger partial charge in [0.1, 0.15) is 6.07 Å². The van der Waals surface area contributed by atoms with Gasteiger partial charge in [0, 0.05) is 13.2 Å². The molecule has 0 saturated carbocycles. The number of alkyl halides is 2. The van der Waals surface area contributed by atoms with Crippen molar-refractivity contribution in [2.24, 2.45) is 0 Å². The molecule has 0 fully saturated rings. The third-order valence-electron chi connectivity index (χ3n) is 1.81. The predicted molar refractivity (Wildman–Crippen MR) is 63.8 cm³/mol. The van der Waals surface area contributed by atoms with Crippen molar-refractivity contribution in [1.29, 1.82) is 0 Å². The molecule has 0 aliphatic heterocycles. The Morgan fingerprint density at radius 3 is 2.06 bits per heavy atom. The number of unbranched alkanes of at least 4 members (excludes halogenated alkanes) is 2. The summed E-state index contributed by atoms with van der Waals surface area (Å²) in [7, 11) is 0. The third kappa shape index (κ3) is 12.5. The van der Waals surface area contributed by atoms with Crippen molar-refractivity contribution >= 4 is 23.2 Å². The molecule has 0 bridgehead atoms. The van der Waals surface area contributed by atoms with Crippen LogP contribution in [0.15, 0.2) is 0 Å². The molecule has 4 nitrogen and oxygen atoms in total. The fourth-order valence-corrected chi connectivity index (χ4v) is 1.26. The van der Waals surface area contributed by atoms with E-state index in [1.165, 1.54) is 0 Å². The predicted octanol–water partition coefficient (Wildman–Crippen LogP) is 2.31. The summed E-state index contributed by atoms with van der Waals surface area (Å²) >= 11 is 11.1. The molecule has 1 N–H and O–H groups in total. The van der Waals surface area contributed by atoms with E-state index in [9.17, 15) is 0 Å². The molecule has 0 aromatic rings. The molecule has 0 saturated heterocycles. The van der Waals surface area contributed by atoms with E-state index in [0.29, 0.717) is 19.8 Å². The number of ether oxygens (including phenoxy) is 3. The summed E-state index contributed by atoms with van der Waals surface area (Å²) in [6, 6.07) is 0.229. The molecule has 1 atom stereocenters. The smallest absolute Gasteiger partial charge is 0.237 e. The average Bonchev–Trinajstić information content (AvgIpc) is 2.29. The van der Waals surface area contributed by atoms with Crippen molar-refractivity contribution in [2.75, 3.05) is 32.5 Å². The Morgan fingerprint density at radius 1 is 0.938 bits per heavy atom. The maximum atomic E-state index is 8.53. The Morgan fingerprint density at radius 2 is 1.50 bits per heavy atom. The fraction of sp³-hybridized carbons (Fsp3) is 1.00. The van der Waals surface area contributed by atoms with Crippen molar-refractivity contribution in [3.8, 4) is 0 Å². The zero-order chi connectivity index (χ0) is 12.1. The van der Waals surface area contributed by atoms with Crippen LogP contribution in [0.1, 0.15) is 25.7 Å². The van der Waals surface area contributed by atoms with Gasteiger partial charge in [0.25, 0.3) is 0 Å². The molecule has 1 unspecified atom stereocenters. The number of aliphatic hydroxyl groups is 1. The van der Waals surface area contributed by atoms with Gasteiger partial charge >= 0.3 is 0 Å². The number of hydrogen-bond acceptors (Lipinski definition) is 4. The van der Waals surface area contributed by atoms with Crippen LogP contribution in [0.4, 0.5) is 0 Å². The molecule has 0 aliphatic rings. The van der Waals surface area contributed by atoms with Gasteiger partial charge in [-0.15, -0.1) is 0 Å². The van der Waals surface area contributed by atoms with Crippen LogP contribution in [0.25, 0.3) is 0 Å². The summed E-state index contributed by atoms with van der Waals surface area (Å²) in [5.74, 6) is -0.701. The van der Waals surface area contributed by atoms with Gasteiger partial charge in [0.05, 0.1) is 13.2 Å². The second-order valence-corrected chi connectivity index (χ2v) is 3.75. The Kier molecular flexibility index (Phi) is 13.8. The van der Waals surface area contributed by atoms with E-state index in [2.05, 4.69) is 0 Å². The maximum Gasteiger partial charge on any atom is 0.237 e. The van der Waals surface area contributed by atoms with E-state index in [4.69, 9.17) is 42.5 Å². The summed E-state index contributed by atoms with van der Waals surface area (Å²) in [5, 5.41) is 8.53. The fourth-order valence-electron chi connectivity index (χ4n) is 0.975. The number of halogens is 2. The van der Waals surface area contributed by atoms with Crippen LogP contribution >= 0.6 is 23.2 Å². The molecule has 98 valence electrons. The first kappa shape index (κ1) is 16.4. The molecule has 0 rings (SSSR count). The van der Waals surface area contributed by atoms with E-state index in [0.717, 1.165) is 25.7 Å². The van der Waals surface area contributed by atoms with Gasteiger partial charge in [-0.25, -0.2) is 0 Å². The van der Waals surface area contributed by atoms with E-state index < -0.39 is 5.75 Å². The van der Waals surface area contributed by atoms with E-state index >= 15 is 0 Å². The second-order valence-electron chi connectivity index (χ2n) is 3.17. The standard InChI is InChI=1S/C10H20Cl2O4/c11-9-14-6-3-4-8-16-10(12)15-7-2-1-5-13/h10,13H,1-9H2. The van der Waals surface area contributed by atoms with Crippen LogP contribution in [0, 0.1) is 0 Å². The molecule has 0 aromatic heterocycles. The van der Waals surface area contributed by atoms with Crippen LogP contribution in [0.2, 0.25) is 0 Å². The van der Waals surface area contributed by atoms with Crippen LogP contribution in [0.3, 0.4) is 0 Å². The average molecular weight is 275 g/mol. The molecule has 0 aromatic carbocycles. The van der Waals surface area contributed by atoms with Gasteiger partial charge in [-0.2, -0.15) is 0 Å². The first-order chi connectivity index (χ1) is 7.81. The zero-order valence-electron chi connectivity index (χ0n) is 9.37. The SMILES string of the molecule is OCCCCOC(Cl)OCCCCOCCl. The zero-order valence-corrected chi connectivity index (χ0v) is 10.9. The third-order valence-corrected chi connectivity index (χ3v) is 2.22. The molecule has 16 heavy (non-hydrogen) atoms. The minimum atomic E-state index is -0.701. The van der Waals surface area contributed by atoms with Crippen molar-refractivity contribution in [1.82, 2.24) is 0 Å². The quantitative estimate of drug-likeness (QED) is 0.337. The highest BCUT2D eigenvalue weighted by molar-refractivity contribution is 6.18. The normalized spacial score (nSPS) is 12.9. The largest absolute Gasteiger partial charge is 0.396 e. The van der Waals surface area contributed by atoms with E-state index in [-0.39, 0.29) is 12.7 Å². The number of aliphatic hydroxyl groups excluding tert-OH is 1. The molecule has 0 heterocycles. The van der Waals surface area contributed by atoms with E-state index in [1.807, 2.05) is 0 Å². The first-order valence-electron chi connectivity index (χ1n) is 5.43. The van der Waals surface area contributed by atoms with Crippen LogP contribution < -0.4 is 0 Å². The molecular weight excluding hydrogens is 255 g/mol. The lowest BCUT2D eigenvalue weighted by Gasteiger charge is -2.11. The summed E-state index contributed by atoms with van der Waals surface area (Å²) in [4.78, 5) is 0. The molecular formula is C10H20Cl2O4. The lowest BCUT2D eigenvalue weighted by molar-refractivity contribution is -0.0903. The monoisotopic (exact) mass is 274 g/mol. The van der Waals surface area contributed by atoms with Gasteiger partial charge in [-0.3, -0.25) is 0 Å². The first-order valence-corrected chi connectivity index (χ1v) is 6.40. The minimum Gasteiger partial charge on any atom is -0.396 e. The maximum absolute atomic E-state index is 8.53. The Hall–Kier alpha value is 0.420. The van der Waals surface area contributed by atoms with Crippen LogP contribution in [-0.4, -0.2) is 43.3 Å². The van der Waals surface area contributed by atoms with Crippen LogP contribution in [0.5, 0.6) is 0 Å². The van der Waals surface area contributed by atoms with Crippen molar-refractivity contribution in [3.63, 3.8) is 0 Å². The van der Waals surface area contributed by atoms with Crippen molar-refractivity contribution in [2.45, 2.75) is 31.4 Å². The number of hydrogen-bond donors (Lipinski definition) is 1. The molecule has 0 aliphatic carbocycles. The Bertz CT molecular complexity index is 138. The Labute approximate surface area is 107 Å². The highest BCUT2D eigenvalue weighted by Gasteiger charge is 2.03. The molecule has 0 amide bonds. The van der Waals surface area contributed by atoms with Gasteiger partial charge in [0.15, 0.2) is 0 Å². The number of rotatable bonds is 12. The molecule has 6 heteroatoms. The summed E-state index contributed by atoms with van der Waals surface area (Å²) in [6.07, 6.45) is 3.26. The summed E-state index contributed by atoms with van der Waals surface area (Å²) in [5.41, 5.74) is 0. The van der Waals surface area contributed by atoms with Gasteiger partial charge in [-0.05, 0) is 25.7 Å². The van der Waals surface area contributed by atoms with Gasteiger partial charge in [0.2, 0.25) is 5.75 Å². The van der Waals surface area contributed by atoms with E-state index in [1.54, 1.807) is 0 Å². The van der Waals surface area contributed by atoms with Gasteiger partial charge in [-0.1, -0.05) is 23.2 Å².